The average molecular weight is 438 g/mol. The van der Waals surface area contributed by atoms with Crippen molar-refractivity contribution in [2.24, 2.45) is 0 Å². The fraction of sp³-hybridized carbons (Fsp3) is 0.214. The normalized spacial score (nSPS) is 11.4. The molecular weight excluding hydrogens is 410 g/mol. The summed E-state index contributed by atoms with van der Waals surface area (Å²) < 4.78 is 11.9. The number of hydrogen-bond donors (Lipinski definition) is 1. The number of aromatic amines is 1. The molecule has 5 heteroatoms. The molecule has 4 rings (SSSR count). The second-order valence-electron chi connectivity index (χ2n) is 8.13. The van der Waals surface area contributed by atoms with Crippen LogP contribution in [-0.4, -0.2) is 16.6 Å². The number of aryl methyl sites for hydroxylation is 3. The van der Waals surface area contributed by atoms with Crippen LogP contribution in [0, 0.1) is 32.1 Å². The number of nitrogens with zero attached hydrogens (tertiary/aromatic N) is 2. The van der Waals surface area contributed by atoms with Crippen LogP contribution in [0.3, 0.4) is 0 Å². The number of rotatable bonds is 7. The molecule has 5 nitrogen and oxygen atoms in total. The lowest BCUT2D eigenvalue weighted by Crippen LogP contribution is -2.01. The molecule has 0 aliphatic carbocycles. The van der Waals surface area contributed by atoms with E-state index >= 15 is 0 Å². The minimum absolute atomic E-state index is 0.454. The van der Waals surface area contributed by atoms with Gasteiger partial charge in [-0.05, 0) is 80.3 Å². The average Bonchev–Trinajstić information content (AvgIpc) is 3.22. The van der Waals surface area contributed by atoms with Gasteiger partial charge in [-0.1, -0.05) is 35.9 Å². The molecule has 4 aromatic rings. The monoisotopic (exact) mass is 437 g/mol. The number of H-pyrrole nitrogens is 1. The maximum absolute atomic E-state index is 9.77. The molecule has 0 aliphatic heterocycles. The van der Waals surface area contributed by atoms with Gasteiger partial charge in [0.25, 0.3) is 0 Å². The van der Waals surface area contributed by atoms with Gasteiger partial charge in [0.15, 0.2) is 11.5 Å². The first-order chi connectivity index (χ1) is 16.0. The molecule has 33 heavy (non-hydrogen) atoms. The zero-order valence-electron chi connectivity index (χ0n) is 19.4. The van der Waals surface area contributed by atoms with Gasteiger partial charge in [0.2, 0.25) is 0 Å². The number of aromatic nitrogens is 2. The first kappa shape index (κ1) is 22.2. The number of nitrogens with one attached hydrogen (secondary N) is 1. The van der Waals surface area contributed by atoms with E-state index in [1.54, 1.807) is 0 Å². The summed E-state index contributed by atoms with van der Waals surface area (Å²) in [4.78, 5) is 7.82. The molecule has 166 valence electrons. The Morgan fingerprint density at radius 2 is 1.76 bits per heavy atom. The molecule has 0 radical (unpaired) electrons. The van der Waals surface area contributed by atoms with Crippen molar-refractivity contribution in [3.8, 4) is 17.6 Å². The largest absolute Gasteiger partial charge is 0.490 e. The number of benzene rings is 3. The van der Waals surface area contributed by atoms with Crippen LogP contribution in [0.2, 0.25) is 0 Å². The van der Waals surface area contributed by atoms with Gasteiger partial charge in [-0.3, -0.25) is 0 Å². The van der Waals surface area contributed by atoms with Gasteiger partial charge < -0.3 is 14.5 Å². The first-order valence-electron chi connectivity index (χ1n) is 11.0. The van der Waals surface area contributed by atoms with E-state index in [2.05, 4.69) is 48.1 Å². The van der Waals surface area contributed by atoms with Crippen molar-refractivity contribution < 1.29 is 9.47 Å². The molecule has 0 unspecified atom stereocenters. The number of ether oxygens (including phenoxy) is 2. The van der Waals surface area contributed by atoms with E-state index in [4.69, 9.17) is 9.47 Å². The quantitative estimate of drug-likeness (QED) is 0.334. The summed E-state index contributed by atoms with van der Waals surface area (Å²) in [5.41, 5.74) is 7.72. The predicted octanol–water partition coefficient (Wildman–Crippen LogP) is 6.53. The van der Waals surface area contributed by atoms with Crippen molar-refractivity contribution in [1.29, 1.82) is 5.26 Å². The van der Waals surface area contributed by atoms with Crippen LogP contribution in [-0.2, 0) is 6.61 Å². The summed E-state index contributed by atoms with van der Waals surface area (Å²) in [6.07, 6.45) is 1.81. The Balaban J connectivity index is 1.61. The van der Waals surface area contributed by atoms with E-state index in [0.717, 1.165) is 27.7 Å². The third kappa shape index (κ3) is 5.07. The van der Waals surface area contributed by atoms with Crippen molar-refractivity contribution >= 4 is 22.7 Å². The Kier molecular flexibility index (Phi) is 6.46. The van der Waals surface area contributed by atoms with E-state index in [9.17, 15) is 5.26 Å². The van der Waals surface area contributed by atoms with Crippen molar-refractivity contribution in [3.63, 3.8) is 0 Å². The van der Waals surface area contributed by atoms with Gasteiger partial charge >= 0.3 is 0 Å². The van der Waals surface area contributed by atoms with Crippen LogP contribution in [0.4, 0.5) is 0 Å². The molecule has 1 N–H and O–H groups in total. The van der Waals surface area contributed by atoms with Crippen LogP contribution in [0.1, 0.15) is 40.6 Å². The number of allylic oxidation sites excluding steroid dienone is 1. The summed E-state index contributed by atoms with van der Waals surface area (Å²) >= 11 is 0. The van der Waals surface area contributed by atoms with Crippen LogP contribution >= 0.6 is 0 Å². The second kappa shape index (κ2) is 9.62. The molecule has 0 spiro atoms. The third-order valence-corrected chi connectivity index (χ3v) is 5.48. The maximum atomic E-state index is 9.77. The van der Waals surface area contributed by atoms with E-state index in [1.165, 1.54) is 11.1 Å². The highest BCUT2D eigenvalue weighted by molar-refractivity contribution is 5.90. The van der Waals surface area contributed by atoms with E-state index in [-0.39, 0.29) is 0 Å². The van der Waals surface area contributed by atoms with Crippen LogP contribution in [0.25, 0.3) is 22.7 Å². The zero-order chi connectivity index (χ0) is 23.4. The van der Waals surface area contributed by atoms with Crippen molar-refractivity contribution in [2.75, 3.05) is 6.61 Å². The molecule has 3 aromatic carbocycles. The molecule has 0 saturated carbocycles. The van der Waals surface area contributed by atoms with E-state index in [0.29, 0.717) is 36.1 Å². The maximum Gasteiger partial charge on any atom is 0.161 e. The van der Waals surface area contributed by atoms with Gasteiger partial charge in [-0.15, -0.1) is 0 Å². The SMILES string of the molecule is CCOc1cc(/C=C(/C#N)c2nc3ccc(C)cc3[nH]2)ccc1OCc1cc(C)ccc1C. The van der Waals surface area contributed by atoms with E-state index in [1.807, 2.05) is 56.3 Å². The van der Waals surface area contributed by atoms with E-state index < -0.39 is 0 Å². The fourth-order valence-corrected chi connectivity index (χ4v) is 3.68. The molecule has 1 aromatic heterocycles. The molecule has 0 saturated heterocycles. The highest BCUT2D eigenvalue weighted by Crippen LogP contribution is 2.31. The standard InChI is InChI=1S/C28H27N3O2/c1-5-32-27-15-21(9-11-26(27)33-17-23-12-18(2)6-8-20(23)4)14-22(16-29)28-30-24-10-7-19(3)13-25(24)31-28/h6-15H,5,17H2,1-4H3,(H,30,31)/b22-14-. The van der Waals surface area contributed by atoms with Crippen molar-refractivity contribution in [1.82, 2.24) is 9.97 Å². The van der Waals surface area contributed by atoms with Crippen molar-refractivity contribution in [3.05, 3.63) is 88.2 Å². The second-order valence-corrected chi connectivity index (χ2v) is 8.13. The lowest BCUT2D eigenvalue weighted by Gasteiger charge is -2.14. The Bertz CT molecular complexity index is 1380. The third-order valence-electron chi connectivity index (χ3n) is 5.48. The predicted molar refractivity (Wildman–Crippen MR) is 132 cm³/mol. The molecule has 0 bridgehead atoms. The highest BCUT2D eigenvalue weighted by Gasteiger charge is 2.11. The van der Waals surface area contributed by atoms with Gasteiger partial charge in [-0.25, -0.2) is 4.98 Å². The summed E-state index contributed by atoms with van der Waals surface area (Å²) in [5.74, 6) is 1.87. The highest BCUT2D eigenvalue weighted by atomic mass is 16.5. The minimum Gasteiger partial charge on any atom is -0.490 e. The molecule has 0 amide bonds. The molecule has 0 fully saturated rings. The zero-order valence-corrected chi connectivity index (χ0v) is 19.4. The van der Waals surface area contributed by atoms with Crippen LogP contribution < -0.4 is 9.47 Å². The Hall–Kier alpha value is -4.04. The van der Waals surface area contributed by atoms with Crippen LogP contribution in [0.5, 0.6) is 11.5 Å². The Morgan fingerprint density at radius 3 is 2.55 bits per heavy atom. The lowest BCUT2D eigenvalue weighted by molar-refractivity contribution is 0.269. The number of fused-ring (bicyclic) bond motifs is 1. The minimum atomic E-state index is 0.454. The van der Waals surface area contributed by atoms with Crippen molar-refractivity contribution in [2.45, 2.75) is 34.3 Å². The summed E-state index contributed by atoms with van der Waals surface area (Å²) in [6.45, 7) is 9.10. The lowest BCUT2D eigenvalue weighted by atomic mass is 10.1. The Labute approximate surface area is 194 Å². The fourth-order valence-electron chi connectivity index (χ4n) is 3.68. The smallest absolute Gasteiger partial charge is 0.161 e. The van der Waals surface area contributed by atoms with Gasteiger partial charge in [-0.2, -0.15) is 5.26 Å². The molecule has 0 atom stereocenters. The number of imidazole rings is 1. The first-order valence-corrected chi connectivity index (χ1v) is 11.0. The summed E-state index contributed by atoms with van der Waals surface area (Å²) in [5, 5.41) is 9.77. The summed E-state index contributed by atoms with van der Waals surface area (Å²) in [7, 11) is 0. The van der Waals surface area contributed by atoms with Crippen LogP contribution in [0.15, 0.2) is 54.6 Å². The number of nitriles is 1. The topological polar surface area (TPSA) is 70.9 Å². The molecular formula is C28H27N3O2. The van der Waals surface area contributed by atoms with Gasteiger partial charge in [0, 0.05) is 0 Å². The molecule has 1 heterocycles. The summed E-state index contributed by atoms with van der Waals surface area (Å²) in [6, 6.07) is 20.3. The van der Waals surface area contributed by atoms with Gasteiger partial charge in [0.05, 0.1) is 23.2 Å². The Morgan fingerprint density at radius 1 is 0.970 bits per heavy atom. The van der Waals surface area contributed by atoms with Gasteiger partial charge in [0.1, 0.15) is 18.5 Å². The molecule has 0 aliphatic rings. The number of hydrogen-bond acceptors (Lipinski definition) is 4.